The van der Waals surface area contributed by atoms with E-state index in [0.717, 1.165) is 0 Å². The van der Waals surface area contributed by atoms with Crippen LogP contribution in [0.1, 0.15) is 0 Å². The van der Waals surface area contributed by atoms with E-state index in [1.165, 1.54) is 4.90 Å². The number of carbonyl (C=O) groups is 2. The molecule has 0 heterocycles. The van der Waals surface area contributed by atoms with Crippen LogP contribution in [-0.2, 0) is 9.59 Å². The zero-order chi connectivity index (χ0) is 9.72. The molecule has 1 amide bonds. The molecule has 0 bridgehead atoms. The van der Waals surface area contributed by atoms with Crippen LogP contribution < -0.4 is 5.73 Å². The number of nitrogens with two attached hydrogens (primary N) is 1. The smallest absolute Gasteiger partial charge is 0.332 e. The van der Waals surface area contributed by atoms with Gasteiger partial charge in [0.1, 0.15) is 0 Å². The van der Waals surface area contributed by atoms with Crippen LogP contribution in [0, 0.1) is 0 Å². The van der Waals surface area contributed by atoms with Crippen molar-refractivity contribution in [3.8, 4) is 0 Å². The lowest BCUT2D eigenvalue weighted by molar-refractivity contribution is -0.133. The van der Waals surface area contributed by atoms with Gasteiger partial charge in [-0.05, 0) is 7.05 Å². The summed E-state index contributed by atoms with van der Waals surface area (Å²) in [6.45, 7) is 3.48. The molecule has 0 aliphatic rings. The lowest BCUT2D eigenvalue weighted by Crippen LogP contribution is -2.32. The van der Waals surface area contributed by atoms with E-state index in [1.807, 2.05) is 0 Å². The summed E-state index contributed by atoms with van der Waals surface area (Å²) in [5.74, 6) is -1.55. The second kappa shape index (κ2) is 4.50. The maximum atomic E-state index is 10.4. The Morgan fingerprint density at radius 1 is 1.50 bits per heavy atom. The Hall–Kier alpha value is -1.36. The summed E-state index contributed by atoms with van der Waals surface area (Å²) in [5.41, 5.74) is 4.93. The first kappa shape index (κ1) is 10.6. The minimum absolute atomic E-state index is 0.0340. The fraction of sp³-hybridized carbons (Fsp3) is 0.429. The molecule has 0 spiro atoms. The van der Waals surface area contributed by atoms with Crippen LogP contribution >= 0.6 is 0 Å². The maximum absolute atomic E-state index is 10.4. The number of hydrogen-bond acceptors (Lipinski definition) is 3. The predicted octanol–water partition coefficient (Wildman–Crippen LogP) is -0.956. The lowest BCUT2D eigenvalue weighted by Gasteiger charge is -2.13. The van der Waals surface area contributed by atoms with Gasteiger partial charge in [-0.2, -0.15) is 0 Å². The Bertz CT molecular complexity index is 213. The first-order chi connectivity index (χ1) is 5.43. The lowest BCUT2D eigenvalue weighted by atomic mass is 10.3. The van der Waals surface area contributed by atoms with E-state index in [4.69, 9.17) is 10.8 Å². The van der Waals surface area contributed by atoms with Crippen LogP contribution in [0.4, 0.5) is 0 Å². The predicted molar refractivity (Wildman–Crippen MR) is 43.5 cm³/mol. The molecule has 0 fully saturated rings. The van der Waals surface area contributed by atoms with Gasteiger partial charge in [-0.15, -0.1) is 0 Å². The van der Waals surface area contributed by atoms with Gasteiger partial charge in [0.25, 0.3) is 0 Å². The highest BCUT2D eigenvalue weighted by atomic mass is 16.4. The number of primary amides is 1. The molecule has 0 aromatic carbocycles. The highest BCUT2D eigenvalue weighted by Gasteiger charge is 2.08. The molecule has 0 rings (SSSR count). The van der Waals surface area contributed by atoms with Gasteiger partial charge in [0, 0.05) is 12.1 Å². The van der Waals surface area contributed by atoms with Gasteiger partial charge < -0.3 is 10.8 Å². The summed E-state index contributed by atoms with van der Waals surface area (Å²) in [5, 5.41) is 8.42. The van der Waals surface area contributed by atoms with E-state index < -0.39 is 11.9 Å². The monoisotopic (exact) mass is 172 g/mol. The quantitative estimate of drug-likeness (QED) is 0.523. The van der Waals surface area contributed by atoms with Crippen LogP contribution in [0.5, 0.6) is 0 Å². The molecule has 0 aromatic rings. The van der Waals surface area contributed by atoms with E-state index in [1.54, 1.807) is 7.05 Å². The molecule has 12 heavy (non-hydrogen) atoms. The van der Waals surface area contributed by atoms with Crippen molar-refractivity contribution in [1.29, 1.82) is 0 Å². The third-order valence-electron chi connectivity index (χ3n) is 1.19. The first-order valence-corrected chi connectivity index (χ1v) is 3.31. The van der Waals surface area contributed by atoms with Gasteiger partial charge in [-0.3, -0.25) is 9.69 Å². The molecule has 0 saturated carbocycles. The fourth-order valence-electron chi connectivity index (χ4n) is 0.715. The highest BCUT2D eigenvalue weighted by molar-refractivity contribution is 5.86. The average Bonchev–Trinajstić information content (AvgIpc) is 1.84. The Balaban J connectivity index is 3.84. The maximum Gasteiger partial charge on any atom is 0.332 e. The number of hydrogen-bond donors (Lipinski definition) is 2. The van der Waals surface area contributed by atoms with Crippen molar-refractivity contribution in [2.45, 2.75) is 0 Å². The van der Waals surface area contributed by atoms with Crippen molar-refractivity contribution >= 4 is 11.9 Å². The third-order valence-corrected chi connectivity index (χ3v) is 1.19. The highest BCUT2D eigenvalue weighted by Crippen LogP contribution is 1.93. The second-order valence-electron chi connectivity index (χ2n) is 2.55. The summed E-state index contributed by atoms with van der Waals surface area (Å²) in [6, 6.07) is 0. The van der Waals surface area contributed by atoms with E-state index in [0.29, 0.717) is 0 Å². The molecule has 0 aromatic heterocycles. The van der Waals surface area contributed by atoms with Gasteiger partial charge in [0.15, 0.2) is 0 Å². The summed E-state index contributed by atoms with van der Waals surface area (Å²) >= 11 is 0. The molecule has 0 aliphatic carbocycles. The van der Waals surface area contributed by atoms with E-state index in [-0.39, 0.29) is 18.7 Å². The molecular formula is C7H12N2O3. The van der Waals surface area contributed by atoms with Crippen molar-refractivity contribution < 1.29 is 14.7 Å². The van der Waals surface area contributed by atoms with E-state index in [2.05, 4.69) is 6.58 Å². The standard InChI is InChI=1S/C7H12N2O3/c1-5(7(11)12)3-9(2)4-6(8)10/h1,3-4H2,2H3,(H2,8,10)(H,11,12). The molecule has 0 saturated heterocycles. The van der Waals surface area contributed by atoms with Crippen molar-refractivity contribution in [3.63, 3.8) is 0 Å². The molecule has 3 N–H and O–H groups in total. The van der Waals surface area contributed by atoms with Gasteiger partial charge in [0.2, 0.25) is 5.91 Å². The van der Waals surface area contributed by atoms with E-state index >= 15 is 0 Å². The Kier molecular flexibility index (Phi) is 3.99. The molecule has 0 unspecified atom stereocenters. The molecule has 0 radical (unpaired) electrons. The summed E-state index contributed by atoms with van der Waals surface area (Å²) in [6.07, 6.45) is 0. The molecule has 68 valence electrons. The molecule has 0 aliphatic heterocycles. The Morgan fingerprint density at radius 2 is 2.00 bits per heavy atom. The van der Waals surface area contributed by atoms with Gasteiger partial charge >= 0.3 is 5.97 Å². The number of likely N-dealkylation sites (N-methyl/N-ethyl adjacent to an activating group) is 1. The molecule has 5 heteroatoms. The zero-order valence-corrected chi connectivity index (χ0v) is 6.91. The van der Waals surface area contributed by atoms with Crippen LogP contribution in [0.15, 0.2) is 12.2 Å². The summed E-state index contributed by atoms with van der Waals surface area (Å²) in [4.78, 5) is 22.1. The summed E-state index contributed by atoms with van der Waals surface area (Å²) < 4.78 is 0. The largest absolute Gasteiger partial charge is 0.478 e. The van der Waals surface area contributed by atoms with Gasteiger partial charge in [-0.25, -0.2) is 4.79 Å². The summed E-state index contributed by atoms with van der Waals surface area (Å²) in [7, 11) is 1.60. The fourth-order valence-corrected chi connectivity index (χ4v) is 0.715. The Morgan fingerprint density at radius 3 is 2.33 bits per heavy atom. The van der Waals surface area contributed by atoms with Crippen LogP contribution in [0.25, 0.3) is 0 Å². The van der Waals surface area contributed by atoms with Crippen molar-refractivity contribution in [2.24, 2.45) is 5.73 Å². The number of rotatable bonds is 5. The van der Waals surface area contributed by atoms with Gasteiger partial charge in [0.05, 0.1) is 6.54 Å². The minimum Gasteiger partial charge on any atom is -0.478 e. The number of nitrogens with zero attached hydrogens (tertiary/aromatic N) is 1. The SMILES string of the molecule is C=C(CN(C)CC(N)=O)C(=O)O. The van der Waals surface area contributed by atoms with Crippen LogP contribution in [0.2, 0.25) is 0 Å². The molecule has 0 atom stereocenters. The molecule has 5 nitrogen and oxygen atoms in total. The Labute approximate surface area is 70.5 Å². The normalized spacial score (nSPS) is 9.83. The van der Waals surface area contributed by atoms with Gasteiger partial charge in [-0.1, -0.05) is 6.58 Å². The number of amides is 1. The van der Waals surface area contributed by atoms with Crippen molar-refractivity contribution in [2.75, 3.05) is 20.1 Å². The minimum atomic E-state index is -1.06. The number of carbonyl (C=O) groups excluding carboxylic acids is 1. The van der Waals surface area contributed by atoms with Crippen molar-refractivity contribution in [3.05, 3.63) is 12.2 Å². The second-order valence-corrected chi connectivity index (χ2v) is 2.55. The van der Waals surface area contributed by atoms with Crippen LogP contribution in [0.3, 0.4) is 0 Å². The number of carboxylic acid groups (broad SMARTS) is 1. The zero-order valence-electron chi connectivity index (χ0n) is 6.91. The van der Waals surface area contributed by atoms with E-state index in [9.17, 15) is 9.59 Å². The van der Waals surface area contributed by atoms with Crippen LogP contribution in [-0.4, -0.2) is 42.0 Å². The number of aliphatic carboxylic acids is 1. The number of carboxylic acids is 1. The third kappa shape index (κ3) is 4.45. The molecular weight excluding hydrogens is 160 g/mol. The topological polar surface area (TPSA) is 83.6 Å². The average molecular weight is 172 g/mol. The first-order valence-electron chi connectivity index (χ1n) is 3.31. The van der Waals surface area contributed by atoms with Crippen molar-refractivity contribution in [1.82, 2.24) is 4.90 Å².